The Morgan fingerprint density at radius 1 is 1.02 bits per heavy atom. The number of carbonyl (C=O) groups excluding carboxylic acids is 2. The van der Waals surface area contributed by atoms with E-state index in [-0.39, 0.29) is 42.5 Å². The van der Waals surface area contributed by atoms with Gasteiger partial charge in [-0.1, -0.05) is 19.1 Å². The van der Waals surface area contributed by atoms with E-state index in [1.165, 1.54) is 24.1 Å². The number of aromatic nitrogens is 1. The summed E-state index contributed by atoms with van der Waals surface area (Å²) in [5, 5.41) is 15.0. The number of pyridine rings is 1. The Balaban J connectivity index is 1.89. The number of halogens is 1. The van der Waals surface area contributed by atoms with Gasteiger partial charge in [-0.2, -0.15) is 0 Å². The largest absolute Gasteiger partial charge is 0.497 e. The van der Waals surface area contributed by atoms with Crippen LogP contribution >= 0.6 is 0 Å². The lowest BCUT2D eigenvalue weighted by molar-refractivity contribution is -0.123. The number of nitrogens with one attached hydrogen (secondary N) is 2. The van der Waals surface area contributed by atoms with E-state index in [2.05, 4.69) is 10.6 Å². The number of benzene rings is 2. The fourth-order valence-corrected chi connectivity index (χ4v) is 5.42. The van der Waals surface area contributed by atoms with Crippen molar-refractivity contribution in [1.29, 1.82) is 0 Å². The van der Waals surface area contributed by atoms with Gasteiger partial charge in [-0.3, -0.25) is 9.59 Å². The van der Waals surface area contributed by atoms with E-state index < -0.39 is 46.5 Å². The fraction of sp³-hybridized carbons (Fsp3) is 0.514. The number of amides is 3. The van der Waals surface area contributed by atoms with Gasteiger partial charge in [-0.25, -0.2) is 14.0 Å². The summed E-state index contributed by atoms with van der Waals surface area (Å²) >= 11 is 0. The summed E-state index contributed by atoms with van der Waals surface area (Å²) in [6, 6.07) is 8.57. The summed E-state index contributed by atoms with van der Waals surface area (Å²) in [7, 11) is 1.53. The van der Waals surface area contributed by atoms with E-state index >= 15 is 4.39 Å². The van der Waals surface area contributed by atoms with Gasteiger partial charge in [-0.05, 0) is 97.1 Å². The normalized spacial score (nSPS) is 12.3. The van der Waals surface area contributed by atoms with Crippen LogP contribution in [-0.2, 0) is 16.1 Å². The Morgan fingerprint density at radius 3 is 2.28 bits per heavy atom. The van der Waals surface area contributed by atoms with Crippen LogP contribution in [0.15, 0.2) is 47.4 Å². The SMILES string of the molecule is CCCOc1ccc(F)c2c(=O)c(-c3ccc(OC)cc3)cn(CCNC(=O)[C@H](CCCCN(C(=O)O)C(C)(C)C)NC(=O)OC(C)(C)C)c12. The zero-order chi connectivity index (χ0) is 37.2. The first kappa shape index (κ1) is 39.6. The molecule has 1 heterocycles. The molecule has 12 nitrogen and oxygen atoms in total. The van der Waals surface area contributed by atoms with Gasteiger partial charge < -0.3 is 39.4 Å². The molecule has 0 saturated heterocycles. The van der Waals surface area contributed by atoms with Crippen molar-refractivity contribution in [1.82, 2.24) is 20.1 Å². The molecule has 50 heavy (non-hydrogen) atoms. The highest BCUT2D eigenvalue weighted by atomic mass is 19.1. The average molecular weight is 699 g/mol. The first-order valence-corrected chi connectivity index (χ1v) is 16.9. The van der Waals surface area contributed by atoms with Gasteiger partial charge in [-0.15, -0.1) is 0 Å². The first-order valence-electron chi connectivity index (χ1n) is 16.9. The minimum atomic E-state index is -1.04. The van der Waals surface area contributed by atoms with Crippen LogP contribution < -0.4 is 25.5 Å². The first-order chi connectivity index (χ1) is 23.5. The topological polar surface area (TPSA) is 148 Å². The van der Waals surface area contributed by atoms with Crippen molar-refractivity contribution in [2.45, 2.75) is 97.9 Å². The zero-order valence-electron chi connectivity index (χ0n) is 30.4. The second kappa shape index (κ2) is 17.2. The highest BCUT2D eigenvalue weighted by molar-refractivity contribution is 5.89. The average Bonchev–Trinajstić information content (AvgIpc) is 3.02. The van der Waals surface area contributed by atoms with Crippen LogP contribution in [0.2, 0.25) is 0 Å². The molecule has 0 saturated carbocycles. The summed E-state index contributed by atoms with van der Waals surface area (Å²) in [6.45, 7) is 13.3. The zero-order valence-corrected chi connectivity index (χ0v) is 30.4. The molecule has 3 aromatic rings. The molecule has 2 aromatic carbocycles. The van der Waals surface area contributed by atoms with Crippen molar-refractivity contribution in [3.63, 3.8) is 0 Å². The van der Waals surface area contributed by atoms with Crippen molar-refractivity contribution in [2.24, 2.45) is 0 Å². The molecule has 0 fully saturated rings. The van der Waals surface area contributed by atoms with Crippen LogP contribution in [0.1, 0.15) is 74.1 Å². The van der Waals surface area contributed by atoms with Crippen LogP contribution in [0, 0.1) is 5.82 Å². The lowest BCUT2D eigenvalue weighted by Gasteiger charge is -2.33. The minimum absolute atomic E-state index is 0.0614. The number of hydrogen-bond donors (Lipinski definition) is 3. The molecule has 1 atom stereocenters. The van der Waals surface area contributed by atoms with Gasteiger partial charge in [0.25, 0.3) is 0 Å². The number of ether oxygens (including phenoxy) is 3. The maximum atomic E-state index is 15.4. The number of hydrogen-bond acceptors (Lipinski definition) is 7. The summed E-state index contributed by atoms with van der Waals surface area (Å²) in [4.78, 5) is 53.0. The lowest BCUT2D eigenvalue weighted by Crippen LogP contribution is -2.49. The van der Waals surface area contributed by atoms with Gasteiger partial charge >= 0.3 is 12.2 Å². The molecule has 274 valence electrons. The van der Waals surface area contributed by atoms with E-state index in [1.807, 2.05) is 6.92 Å². The Bertz CT molecular complexity index is 1690. The van der Waals surface area contributed by atoms with E-state index in [1.54, 1.807) is 76.6 Å². The molecule has 0 aliphatic heterocycles. The number of fused-ring (bicyclic) bond motifs is 1. The number of nitrogens with zero attached hydrogens (tertiary/aromatic N) is 2. The number of alkyl carbamates (subject to hydrolysis) is 1. The maximum Gasteiger partial charge on any atom is 0.408 e. The molecule has 13 heteroatoms. The quantitative estimate of drug-likeness (QED) is 0.151. The summed E-state index contributed by atoms with van der Waals surface area (Å²) in [5.74, 6) is -0.238. The van der Waals surface area contributed by atoms with Crippen molar-refractivity contribution in [2.75, 3.05) is 26.8 Å². The van der Waals surface area contributed by atoms with E-state index in [4.69, 9.17) is 14.2 Å². The van der Waals surface area contributed by atoms with Crippen LogP contribution in [-0.4, -0.2) is 76.7 Å². The number of methoxy groups -OCH3 is 1. The monoisotopic (exact) mass is 698 g/mol. The third kappa shape index (κ3) is 10.8. The molecule has 0 unspecified atom stereocenters. The Labute approximate surface area is 292 Å². The highest BCUT2D eigenvalue weighted by Crippen LogP contribution is 2.30. The summed E-state index contributed by atoms with van der Waals surface area (Å²) in [5.41, 5.74) is -0.807. The summed E-state index contributed by atoms with van der Waals surface area (Å²) in [6.07, 6.45) is 1.66. The van der Waals surface area contributed by atoms with Crippen LogP contribution in [0.25, 0.3) is 22.0 Å². The van der Waals surface area contributed by atoms with E-state index in [0.717, 1.165) is 0 Å². The molecule has 3 N–H and O–H groups in total. The van der Waals surface area contributed by atoms with Crippen LogP contribution in [0.4, 0.5) is 14.0 Å². The Morgan fingerprint density at radius 2 is 1.70 bits per heavy atom. The number of unbranched alkanes of at least 4 members (excludes halogenated alkanes) is 1. The predicted molar refractivity (Wildman–Crippen MR) is 190 cm³/mol. The standard InChI is InChI=1S/C37H51FN4O8/c1-9-22-49-29-18-17-27(38)30-31(29)41(23-26(32(30)43)24-13-15-25(48-8)16-14-24)21-19-39-33(44)28(40-34(45)50-37(5,6)7)12-10-11-20-42(35(46)47)36(2,3)4/h13-18,23,28H,9-12,19-22H2,1-8H3,(H,39,44)(H,40,45)(H,46,47)/t28-/m0/s1. The molecule has 0 aliphatic rings. The highest BCUT2D eigenvalue weighted by Gasteiger charge is 2.27. The lowest BCUT2D eigenvalue weighted by atomic mass is 10.0. The van der Waals surface area contributed by atoms with Crippen molar-refractivity contribution >= 4 is 29.0 Å². The molecule has 1 aromatic heterocycles. The molecule has 0 aliphatic carbocycles. The smallest absolute Gasteiger partial charge is 0.408 e. The van der Waals surface area contributed by atoms with Gasteiger partial charge in [0.1, 0.15) is 29.0 Å². The third-order valence-electron chi connectivity index (χ3n) is 7.82. The van der Waals surface area contributed by atoms with E-state index in [0.29, 0.717) is 42.9 Å². The molecule has 0 spiro atoms. The number of rotatable bonds is 15. The van der Waals surface area contributed by atoms with Crippen molar-refractivity contribution in [3.05, 3.63) is 58.6 Å². The van der Waals surface area contributed by atoms with Gasteiger partial charge in [0.05, 0.1) is 24.6 Å². The maximum absolute atomic E-state index is 15.4. The van der Waals surface area contributed by atoms with E-state index in [9.17, 15) is 24.3 Å². The Hall–Kier alpha value is -4.81. The van der Waals surface area contributed by atoms with Crippen molar-refractivity contribution in [3.8, 4) is 22.6 Å². The molecular weight excluding hydrogens is 647 g/mol. The van der Waals surface area contributed by atoms with Crippen LogP contribution in [0.5, 0.6) is 11.5 Å². The predicted octanol–water partition coefficient (Wildman–Crippen LogP) is 6.56. The molecule has 3 amide bonds. The van der Waals surface area contributed by atoms with Gasteiger partial charge in [0.2, 0.25) is 5.91 Å². The summed E-state index contributed by atoms with van der Waals surface area (Å²) < 4.78 is 33.6. The Kier molecular flexibility index (Phi) is 13.6. The van der Waals surface area contributed by atoms with Crippen molar-refractivity contribution < 1.29 is 38.1 Å². The van der Waals surface area contributed by atoms with Gasteiger partial charge in [0, 0.05) is 36.9 Å². The molecular formula is C37H51FN4O8. The minimum Gasteiger partial charge on any atom is -0.497 e. The molecule has 3 rings (SSSR count). The molecule has 0 bridgehead atoms. The second-order valence-corrected chi connectivity index (χ2v) is 14.0. The number of carboxylic acid groups (broad SMARTS) is 1. The fourth-order valence-electron chi connectivity index (χ4n) is 5.42. The third-order valence-corrected chi connectivity index (χ3v) is 7.82. The molecule has 0 radical (unpaired) electrons. The van der Waals surface area contributed by atoms with Crippen LogP contribution in [0.3, 0.4) is 0 Å². The second-order valence-electron chi connectivity index (χ2n) is 14.0. The van der Waals surface area contributed by atoms with Gasteiger partial charge in [0.15, 0.2) is 5.43 Å². The number of carbonyl (C=O) groups is 3.